The Bertz CT molecular complexity index is 1270. The number of rotatable bonds is 6. The van der Waals surface area contributed by atoms with Crippen LogP contribution in [0, 0.1) is 0 Å². The van der Waals surface area contributed by atoms with Gasteiger partial charge in [-0.2, -0.15) is 0 Å². The monoisotopic (exact) mass is 480 g/mol. The average Bonchev–Trinajstić information content (AvgIpc) is 3.25. The second kappa shape index (κ2) is 8.64. The molecule has 0 spiro atoms. The van der Waals surface area contributed by atoms with Crippen molar-refractivity contribution in [1.29, 1.82) is 0 Å². The van der Waals surface area contributed by atoms with Gasteiger partial charge >= 0.3 is 0 Å². The standard InChI is InChI=1S/C22H17BrN4O2S/c23-15-14-17-6-10-20(11-7-17)27-16-22(24-26-27)18-8-12-21(13-9-18)30(28,29)25-19-4-2-1-3-5-19/h1-16,25H/b15-14+. The highest BCUT2D eigenvalue weighted by atomic mass is 79.9. The van der Waals surface area contributed by atoms with Gasteiger partial charge in [0, 0.05) is 11.3 Å². The fourth-order valence-electron chi connectivity index (χ4n) is 2.86. The normalized spacial score (nSPS) is 11.6. The Balaban J connectivity index is 1.53. The van der Waals surface area contributed by atoms with E-state index in [1.54, 1.807) is 64.4 Å². The van der Waals surface area contributed by atoms with Crippen molar-refractivity contribution in [2.24, 2.45) is 0 Å². The Kier molecular flexibility index (Phi) is 5.78. The summed E-state index contributed by atoms with van der Waals surface area (Å²) in [5, 5.41) is 8.38. The maximum atomic E-state index is 12.6. The number of sulfonamides is 1. The van der Waals surface area contributed by atoms with Gasteiger partial charge in [-0.3, -0.25) is 4.72 Å². The molecule has 0 aliphatic rings. The number of benzene rings is 3. The van der Waals surface area contributed by atoms with E-state index in [1.807, 2.05) is 36.4 Å². The Morgan fingerprint density at radius 2 is 1.60 bits per heavy atom. The molecule has 8 heteroatoms. The van der Waals surface area contributed by atoms with Gasteiger partial charge in [0.2, 0.25) is 0 Å². The van der Waals surface area contributed by atoms with Gasteiger partial charge in [-0.15, -0.1) is 5.10 Å². The largest absolute Gasteiger partial charge is 0.280 e. The highest BCUT2D eigenvalue weighted by Gasteiger charge is 2.15. The Morgan fingerprint density at radius 3 is 2.27 bits per heavy atom. The van der Waals surface area contributed by atoms with Crippen molar-refractivity contribution in [2.45, 2.75) is 4.90 Å². The van der Waals surface area contributed by atoms with Gasteiger partial charge in [-0.25, -0.2) is 13.1 Å². The van der Waals surface area contributed by atoms with E-state index < -0.39 is 10.0 Å². The quantitative estimate of drug-likeness (QED) is 0.416. The molecule has 0 aliphatic heterocycles. The molecule has 150 valence electrons. The second-order valence-corrected chi connectivity index (χ2v) is 8.64. The van der Waals surface area contributed by atoms with Crippen molar-refractivity contribution in [3.63, 3.8) is 0 Å². The fourth-order valence-corrected chi connectivity index (χ4v) is 4.22. The maximum absolute atomic E-state index is 12.6. The lowest BCUT2D eigenvalue weighted by Crippen LogP contribution is -2.12. The Labute approximate surface area is 183 Å². The highest BCUT2D eigenvalue weighted by molar-refractivity contribution is 9.11. The molecule has 0 saturated carbocycles. The van der Waals surface area contributed by atoms with E-state index in [-0.39, 0.29) is 4.90 Å². The van der Waals surface area contributed by atoms with Crippen molar-refractivity contribution in [1.82, 2.24) is 15.0 Å². The van der Waals surface area contributed by atoms with Crippen LogP contribution in [0.3, 0.4) is 0 Å². The molecule has 0 radical (unpaired) electrons. The van der Waals surface area contributed by atoms with Crippen LogP contribution in [0.5, 0.6) is 0 Å². The number of anilines is 1. The van der Waals surface area contributed by atoms with Crippen molar-refractivity contribution >= 4 is 37.7 Å². The molecular formula is C22H17BrN4O2S. The topological polar surface area (TPSA) is 76.9 Å². The SMILES string of the molecule is O=S(=O)(Nc1ccccc1)c1ccc(-c2cn(-c3ccc(/C=C/Br)cc3)nn2)cc1. The first-order valence-corrected chi connectivity index (χ1v) is 11.4. The van der Waals surface area contributed by atoms with E-state index in [1.165, 1.54) is 0 Å². The van der Waals surface area contributed by atoms with E-state index in [4.69, 9.17) is 0 Å². The molecular weight excluding hydrogens is 464 g/mol. The number of hydrogen-bond acceptors (Lipinski definition) is 4. The summed E-state index contributed by atoms with van der Waals surface area (Å²) in [7, 11) is -3.66. The minimum absolute atomic E-state index is 0.179. The van der Waals surface area contributed by atoms with Gasteiger partial charge in [-0.1, -0.05) is 63.6 Å². The number of halogens is 1. The molecule has 0 saturated heterocycles. The average molecular weight is 481 g/mol. The van der Waals surface area contributed by atoms with Crippen LogP contribution >= 0.6 is 15.9 Å². The predicted molar refractivity (Wildman–Crippen MR) is 122 cm³/mol. The summed E-state index contributed by atoms with van der Waals surface area (Å²) in [6.07, 6.45) is 3.75. The predicted octanol–water partition coefficient (Wildman–Crippen LogP) is 5.10. The third-order valence-electron chi connectivity index (χ3n) is 4.39. The molecule has 0 amide bonds. The van der Waals surface area contributed by atoms with Crippen molar-refractivity contribution in [3.05, 3.63) is 95.6 Å². The molecule has 0 fully saturated rings. The first-order chi connectivity index (χ1) is 14.5. The number of nitrogens with zero attached hydrogens (tertiary/aromatic N) is 3. The van der Waals surface area contributed by atoms with E-state index in [9.17, 15) is 8.42 Å². The lowest BCUT2D eigenvalue weighted by Gasteiger charge is -2.08. The lowest BCUT2D eigenvalue weighted by atomic mass is 10.2. The van der Waals surface area contributed by atoms with E-state index in [0.717, 1.165) is 16.8 Å². The van der Waals surface area contributed by atoms with Crippen LogP contribution in [0.4, 0.5) is 5.69 Å². The molecule has 1 N–H and O–H groups in total. The van der Waals surface area contributed by atoms with Gasteiger partial charge in [0.15, 0.2) is 0 Å². The zero-order valence-corrected chi connectivity index (χ0v) is 18.1. The molecule has 3 aromatic carbocycles. The van der Waals surface area contributed by atoms with Crippen LogP contribution in [-0.2, 0) is 10.0 Å². The lowest BCUT2D eigenvalue weighted by molar-refractivity contribution is 0.601. The summed E-state index contributed by atoms with van der Waals surface area (Å²) < 4.78 is 29.4. The van der Waals surface area contributed by atoms with Crippen LogP contribution in [-0.4, -0.2) is 23.4 Å². The summed E-state index contributed by atoms with van der Waals surface area (Å²) in [6.45, 7) is 0. The number of aromatic nitrogens is 3. The summed E-state index contributed by atoms with van der Waals surface area (Å²) in [6, 6.07) is 23.2. The molecule has 6 nitrogen and oxygen atoms in total. The number of nitrogens with one attached hydrogen (secondary N) is 1. The summed E-state index contributed by atoms with van der Waals surface area (Å²) in [5.41, 5.74) is 3.89. The first-order valence-electron chi connectivity index (χ1n) is 9.03. The smallest absolute Gasteiger partial charge is 0.261 e. The van der Waals surface area contributed by atoms with Crippen LogP contribution in [0.2, 0.25) is 0 Å². The van der Waals surface area contributed by atoms with Crippen LogP contribution in [0.1, 0.15) is 5.56 Å². The van der Waals surface area contributed by atoms with Gasteiger partial charge in [0.1, 0.15) is 5.69 Å². The zero-order valence-electron chi connectivity index (χ0n) is 15.7. The fraction of sp³-hybridized carbons (Fsp3) is 0. The molecule has 0 bridgehead atoms. The second-order valence-electron chi connectivity index (χ2n) is 6.43. The van der Waals surface area contributed by atoms with E-state index in [2.05, 4.69) is 31.0 Å². The summed E-state index contributed by atoms with van der Waals surface area (Å²) >= 11 is 3.26. The first kappa shape index (κ1) is 20.1. The minimum atomic E-state index is -3.66. The maximum Gasteiger partial charge on any atom is 0.261 e. The summed E-state index contributed by atoms with van der Waals surface area (Å²) in [4.78, 5) is 1.98. The van der Waals surface area contributed by atoms with Crippen molar-refractivity contribution in [2.75, 3.05) is 4.72 Å². The summed E-state index contributed by atoms with van der Waals surface area (Å²) in [5.74, 6) is 0. The third-order valence-corrected chi connectivity index (χ3v) is 6.05. The van der Waals surface area contributed by atoms with E-state index in [0.29, 0.717) is 11.4 Å². The minimum Gasteiger partial charge on any atom is -0.280 e. The van der Waals surface area contributed by atoms with Gasteiger partial charge in [0.25, 0.3) is 10.0 Å². The highest BCUT2D eigenvalue weighted by Crippen LogP contribution is 2.22. The molecule has 4 rings (SSSR count). The van der Waals surface area contributed by atoms with Gasteiger partial charge in [0.05, 0.1) is 16.8 Å². The molecule has 0 aliphatic carbocycles. The molecule has 1 heterocycles. The number of hydrogen-bond donors (Lipinski definition) is 1. The van der Waals surface area contributed by atoms with Gasteiger partial charge < -0.3 is 0 Å². The molecule has 4 aromatic rings. The van der Waals surface area contributed by atoms with Crippen molar-refractivity contribution < 1.29 is 8.42 Å². The van der Waals surface area contributed by atoms with Crippen molar-refractivity contribution in [3.8, 4) is 16.9 Å². The molecule has 0 atom stereocenters. The van der Waals surface area contributed by atoms with E-state index >= 15 is 0 Å². The third kappa shape index (κ3) is 4.50. The van der Waals surface area contributed by atoms with Crippen LogP contribution < -0.4 is 4.72 Å². The Morgan fingerprint density at radius 1 is 0.900 bits per heavy atom. The van der Waals surface area contributed by atoms with Crippen LogP contribution in [0.15, 0.2) is 94.9 Å². The number of para-hydroxylation sites is 1. The molecule has 30 heavy (non-hydrogen) atoms. The molecule has 0 unspecified atom stereocenters. The Hall–Kier alpha value is -3.23. The zero-order chi connectivity index (χ0) is 21.0. The van der Waals surface area contributed by atoms with Gasteiger partial charge in [-0.05, 0) is 53.0 Å². The van der Waals surface area contributed by atoms with Crippen LogP contribution in [0.25, 0.3) is 23.0 Å². The molecule has 1 aromatic heterocycles.